The topological polar surface area (TPSA) is 0 Å². The third-order valence-electron chi connectivity index (χ3n) is 5.82. The minimum atomic E-state index is -1.77. The van der Waals surface area contributed by atoms with Gasteiger partial charge in [0.1, 0.15) is 0 Å². The van der Waals surface area contributed by atoms with Gasteiger partial charge in [0.15, 0.2) is 0 Å². The summed E-state index contributed by atoms with van der Waals surface area (Å²) in [7, 11) is -1.39. The molecule has 124 valence electrons. The van der Waals surface area contributed by atoms with Crippen LogP contribution < -0.4 is 5.19 Å². The van der Waals surface area contributed by atoms with Crippen LogP contribution in [0.1, 0.15) is 25.7 Å². The molecule has 1 aromatic rings. The molecule has 0 aliphatic heterocycles. The summed E-state index contributed by atoms with van der Waals surface area (Å²) in [6.07, 6.45) is 8.22. The van der Waals surface area contributed by atoms with E-state index in [1.807, 2.05) is 9.45 Å². The summed E-state index contributed by atoms with van der Waals surface area (Å²) >= 11 is -1.77. The Morgan fingerprint density at radius 3 is 2.30 bits per heavy atom. The van der Waals surface area contributed by atoms with Gasteiger partial charge in [0.25, 0.3) is 0 Å². The van der Waals surface area contributed by atoms with Crippen LogP contribution in [-0.4, -0.2) is 8.07 Å². The maximum absolute atomic E-state index is 2.68. The molecule has 0 bridgehead atoms. The molecule has 0 saturated carbocycles. The first-order valence-electron chi connectivity index (χ1n) is 9.28. The van der Waals surface area contributed by atoms with E-state index < -0.39 is 24.7 Å². The van der Waals surface area contributed by atoms with Gasteiger partial charge < -0.3 is 0 Å². The molecule has 0 aromatic heterocycles. The second kappa shape index (κ2) is 6.50. The van der Waals surface area contributed by atoms with Crippen molar-refractivity contribution in [3.8, 4) is 0 Å². The molecule has 0 amide bonds. The van der Waals surface area contributed by atoms with Crippen LogP contribution in [0.2, 0.25) is 34.8 Å². The number of benzene rings is 1. The SMILES string of the molecule is C[Si](C)(CC1[C]([Ti]([CH3])([CH3])[CH3])=CC2=C1CCCC2)c1ccccc1. The zero-order chi connectivity index (χ0) is 16.7. The second-order valence-electron chi connectivity index (χ2n) is 9.11. The standard InChI is InChI=1S/C18H23Si.3CH3.Ti/c1-19(2,17-9-4-3-5-10-17)14-16-13-12-15-8-6-7-11-18(15)16;;;;/h3-5,9-10,12,16H,6-8,11,14H2,1-2H3;3*1H3;. The van der Waals surface area contributed by atoms with Crippen molar-refractivity contribution in [2.24, 2.45) is 5.92 Å². The van der Waals surface area contributed by atoms with Crippen molar-refractivity contribution < 1.29 is 16.6 Å². The van der Waals surface area contributed by atoms with Crippen LogP contribution in [0, 0.1) is 5.92 Å². The summed E-state index contributed by atoms with van der Waals surface area (Å²) in [6.45, 7) is 5.16. The van der Waals surface area contributed by atoms with Gasteiger partial charge in [0, 0.05) is 0 Å². The first-order valence-corrected chi connectivity index (χ1v) is 18.0. The molecule has 2 aliphatic carbocycles. The van der Waals surface area contributed by atoms with E-state index in [2.05, 4.69) is 65.2 Å². The van der Waals surface area contributed by atoms with Gasteiger partial charge >= 0.3 is 148 Å². The zero-order valence-electron chi connectivity index (χ0n) is 15.6. The molecule has 23 heavy (non-hydrogen) atoms. The molecule has 1 unspecified atom stereocenters. The van der Waals surface area contributed by atoms with Crippen molar-refractivity contribution in [1.82, 2.24) is 0 Å². The number of allylic oxidation sites excluding steroid dienone is 4. The molecular weight excluding hydrogens is 328 g/mol. The molecule has 1 atom stereocenters. The Kier molecular flexibility index (Phi) is 4.93. The van der Waals surface area contributed by atoms with E-state index in [1.54, 1.807) is 10.8 Å². The monoisotopic (exact) mass is 360 g/mol. The average molecular weight is 360 g/mol. The summed E-state index contributed by atoms with van der Waals surface area (Å²) in [6, 6.07) is 12.8. The van der Waals surface area contributed by atoms with E-state index in [0.717, 1.165) is 5.92 Å². The van der Waals surface area contributed by atoms with Crippen molar-refractivity contribution >= 4 is 13.3 Å². The molecule has 0 radical (unpaired) electrons. The summed E-state index contributed by atoms with van der Waals surface area (Å²) in [5.41, 5.74) is 3.60. The van der Waals surface area contributed by atoms with Gasteiger partial charge in [-0.25, -0.2) is 0 Å². The van der Waals surface area contributed by atoms with E-state index in [9.17, 15) is 0 Å². The minimum absolute atomic E-state index is 0.798. The van der Waals surface area contributed by atoms with Crippen molar-refractivity contribution in [3.05, 3.63) is 51.4 Å². The molecule has 3 rings (SSSR count). The fourth-order valence-corrected chi connectivity index (χ4v) is 10.6. The quantitative estimate of drug-likeness (QED) is 0.554. The van der Waals surface area contributed by atoms with Crippen molar-refractivity contribution in [2.45, 2.75) is 60.5 Å². The Balaban J connectivity index is 1.93. The third kappa shape index (κ3) is 3.67. The Bertz CT molecular complexity index is 632. The maximum atomic E-state index is 2.68. The summed E-state index contributed by atoms with van der Waals surface area (Å²) < 4.78 is 1.90. The van der Waals surface area contributed by atoms with E-state index in [-0.39, 0.29) is 0 Å². The molecule has 0 spiro atoms. The van der Waals surface area contributed by atoms with Gasteiger partial charge in [-0.3, -0.25) is 0 Å². The Morgan fingerprint density at radius 1 is 1.00 bits per heavy atom. The molecule has 0 saturated heterocycles. The molecule has 0 nitrogen and oxygen atoms in total. The second-order valence-corrected chi connectivity index (χ2v) is 21.8. The first kappa shape index (κ1) is 17.5. The van der Waals surface area contributed by atoms with Crippen LogP contribution in [0.4, 0.5) is 0 Å². The first-order chi connectivity index (χ1) is 10.8. The van der Waals surface area contributed by atoms with E-state index >= 15 is 0 Å². The Hall–Kier alpha value is -0.369. The van der Waals surface area contributed by atoms with Gasteiger partial charge in [-0.15, -0.1) is 0 Å². The number of hydrogen-bond donors (Lipinski definition) is 0. The van der Waals surface area contributed by atoms with Gasteiger partial charge in [0.05, 0.1) is 0 Å². The Labute approximate surface area is 147 Å². The normalized spacial score (nSPS) is 22.1. The van der Waals surface area contributed by atoms with Crippen LogP contribution in [0.25, 0.3) is 0 Å². The fourth-order valence-electron chi connectivity index (χ4n) is 4.48. The third-order valence-corrected chi connectivity index (χ3v) is 12.6. The molecule has 0 N–H and O–H groups in total. The Morgan fingerprint density at radius 2 is 1.65 bits per heavy atom. The zero-order valence-corrected chi connectivity index (χ0v) is 18.1. The fraction of sp³-hybridized carbons (Fsp3) is 0.524. The van der Waals surface area contributed by atoms with Crippen LogP contribution in [-0.2, 0) is 16.6 Å². The van der Waals surface area contributed by atoms with Crippen molar-refractivity contribution in [3.63, 3.8) is 0 Å². The van der Waals surface area contributed by atoms with Crippen LogP contribution in [0.5, 0.6) is 0 Å². The van der Waals surface area contributed by atoms with Crippen LogP contribution in [0.15, 0.2) is 51.4 Å². The van der Waals surface area contributed by atoms with E-state index in [1.165, 1.54) is 31.7 Å². The number of hydrogen-bond acceptors (Lipinski definition) is 0. The molecule has 2 aliphatic rings. The van der Waals surface area contributed by atoms with Gasteiger partial charge in [0.2, 0.25) is 0 Å². The van der Waals surface area contributed by atoms with Gasteiger partial charge in [-0.05, 0) is 0 Å². The van der Waals surface area contributed by atoms with Crippen molar-refractivity contribution in [1.29, 1.82) is 0 Å². The average Bonchev–Trinajstić information content (AvgIpc) is 2.87. The van der Waals surface area contributed by atoms with E-state index in [0.29, 0.717) is 0 Å². The van der Waals surface area contributed by atoms with Gasteiger partial charge in [-0.1, -0.05) is 0 Å². The van der Waals surface area contributed by atoms with Gasteiger partial charge in [-0.2, -0.15) is 0 Å². The summed E-state index contributed by atoms with van der Waals surface area (Å²) in [4.78, 5) is 0. The predicted molar refractivity (Wildman–Crippen MR) is 103 cm³/mol. The predicted octanol–water partition coefficient (Wildman–Crippen LogP) is 6.28. The van der Waals surface area contributed by atoms with Crippen molar-refractivity contribution in [2.75, 3.05) is 0 Å². The van der Waals surface area contributed by atoms with Crippen LogP contribution in [0.3, 0.4) is 0 Å². The number of rotatable bonds is 4. The summed E-state index contributed by atoms with van der Waals surface area (Å²) in [5.74, 6) is 0.798. The van der Waals surface area contributed by atoms with Crippen LogP contribution >= 0.6 is 0 Å². The molecular formula is C21H32SiTi. The molecule has 0 fully saturated rings. The molecule has 0 heterocycles. The van der Waals surface area contributed by atoms with E-state index in [4.69, 9.17) is 0 Å². The summed E-state index contributed by atoms with van der Waals surface area (Å²) in [5, 5.41) is 9.41. The molecule has 2 heteroatoms. The molecule has 1 aromatic carbocycles.